The molecule has 0 aromatic heterocycles. The molecule has 1 fully saturated rings. The van der Waals surface area contributed by atoms with Crippen LogP contribution in [0.3, 0.4) is 0 Å². The van der Waals surface area contributed by atoms with Gasteiger partial charge in [-0.15, -0.1) is 0 Å². The van der Waals surface area contributed by atoms with Gasteiger partial charge in [0, 0.05) is 30.4 Å². The molecule has 1 aliphatic heterocycles. The van der Waals surface area contributed by atoms with Crippen molar-refractivity contribution >= 4 is 17.5 Å². The topological polar surface area (TPSA) is 93.9 Å². The number of nitrogens with one attached hydrogen (secondary N) is 1. The number of ether oxygens (including phenoxy) is 2. The zero-order valence-electron chi connectivity index (χ0n) is 16.8. The fourth-order valence-electron chi connectivity index (χ4n) is 3.48. The van der Waals surface area contributed by atoms with Gasteiger partial charge in [-0.05, 0) is 48.7 Å². The highest BCUT2D eigenvalue weighted by atomic mass is 16.5. The van der Waals surface area contributed by atoms with Crippen molar-refractivity contribution in [1.29, 1.82) is 0 Å². The molecule has 154 valence electrons. The average Bonchev–Trinajstić information content (AvgIpc) is 2.75. The Morgan fingerprint density at radius 2 is 1.69 bits per heavy atom. The largest absolute Gasteiger partial charge is 0.493 e. The van der Waals surface area contributed by atoms with Crippen LogP contribution in [0.1, 0.15) is 28.8 Å². The first-order valence-electron chi connectivity index (χ1n) is 9.65. The Bertz CT molecular complexity index is 859. The second kappa shape index (κ2) is 9.32. The first-order chi connectivity index (χ1) is 14.0. The summed E-state index contributed by atoms with van der Waals surface area (Å²) in [6, 6.07) is 12.5. The average molecular weight is 397 g/mol. The minimum absolute atomic E-state index is 0.0144. The second-order valence-corrected chi connectivity index (χ2v) is 7.12. The van der Waals surface area contributed by atoms with E-state index in [1.54, 1.807) is 44.6 Å². The van der Waals surface area contributed by atoms with E-state index < -0.39 is 0 Å². The van der Waals surface area contributed by atoms with E-state index in [9.17, 15) is 9.59 Å². The molecule has 7 nitrogen and oxygen atoms in total. The molecular formula is C22H27N3O4. The van der Waals surface area contributed by atoms with Gasteiger partial charge in [0.05, 0.1) is 20.6 Å². The molecule has 3 N–H and O–H groups in total. The van der Waals surface area contributed by atoms with Crippen LogP contribution in [0.5, 0.6) is 11.5 Å². The third-order valence-corrected chi connectivity index (χ3v) is 5.12. The summed E-state index contributed by atoms with van der Waals surface area (Å²) in [5.41, 5.74) is 7.84. The molecule has 0 radical (unpaired) electrons. The van der Waals surface area contributed by atoms with Crippen LogP contribution in [0.4, 0.5) is 5.69 Å². The molecule has 0 atom stereocenters. The number of benzene rings is 2. The monoisotopic (exact) mass is 397 g/mol. The summed E-state index contributed by atoms with van der Waals surface area (Å²) in [7, 11) is 3.11. The fraction of sp³-hybridized carbons (Fsp3) is 0.364. The third kappa shape index (κ3) is 5.19. The maximum Gasteiger partial charge on any atom is 0.253 e. The summed E-state index contributed by atoms with van der Waals surface area (Å²) in [5.74, 6) is 1.06. The molecule has 0 unspecified atom stereocenters. The van der Waals surface area contributed by atoms with Crippen LogP contribution in [-0.4, -0.2) is 50.1 Å². The first kappa shape index (κ1) is 20.5. The molecule has 2 aromatic rings. The zero-order chi connectivity index (χ0) is 20.8. The highest BCUT2D eigenvalue weighted by molar-refractivity contribution is 5.95. The van der Waals surface area contributed by atoms with Gasteiger partial charge < -0.3 is 25.4 Å². The quantitative estimate of drug-likeness (QED) is 0.729. The molecule has 0 saturated carbocycles. The highest BCUT2D eigenvalue weighted by Crippen LogP contribution is 2.28. The maximum atomic E-state index is 12.8. The standard InChI is InChI=1S/C22H27N3O4/c1-28-19-8-5-16(14-20(19)29-2)22(27)25-11-9-18(10-12-25)24-21(26)13-15-3-6-17(23)7-4-15/h3-8,14,18H,9-13,23H2,1-2H3,(H,24,26). The van der Waals surface area contributed by atoms with Gasteiger partial charge in [0.1, 0.15) is 0 Å². The van der Waals surface area contributed by atoms with Crippen molar-refractivity contribution < 1.29 is 19.1 Å². The van der Waals surface area contributed by atoms with Crippen LogP contribution < -0.4 is 20.5 Å². The van der Waals surface area contributed by atoms with E-state index >= 15 is 0 Å². The Morgan fingerprint density at radius 1 is 1.03 bits per heavy atom. The summed E-state index contributed by atoms with van der Waals surface area (Å²) in [6.45, 7) is 1.19. The van der Waals surface area contributed by atoms with E-state index in [2.05, 4.69) is 5.32 Å². The molecule has 29 heavy (non-hydrogen) atoms. The van der Waals surface area contributed by atoms with Crippen molar-refractivity contribution in [2.75, 3.05) is 33.0 Å². The number of carbonyl (C=O) groups excluding carboxylic acids is 2. The maximum absolute atomic E-state index is 12.8. The van der Waals surface area contributed by atoms with Gasteiger partial charge in [-0.1, -0.05) is 12.1 Å². The minimum atomic E-state index is -0.0439. The molecule has 3 rings (SSSR count). The van der Waals surface area contributed by atoms with Crippen LogP contribution >= 0.6 is 0 Å². The Morgan fingerprint density at radius 3 is 2.31 bits per heavy atom. The molecule has 1 aliphatic rings. The number of piperidine rings is 1. The van der Waals surface area contributed by atoms with Crippen molar-refractivity contribution in [3.05, 3.63) is 53.6 Å². The smallest absolute Gasteiger partial charge is 0.253 e. The lowest BCUT2D eigenvalue weighted by atomic mass is 10.0. The molecular weight excluding hydrogens is 370 g/mol. The first-order valence-corrected chi connectivity index (χ1v) is 9.65. The van der Waals surface area contributed by atoms with E-state index in [4.69, 9.17) is 15.2 Å². The number of methoxy groups -OCH3 is 2. The van der Waals surface area contributed by atoms with Crippen molar-refractivity contribution in [2.24, 2.45) is 0 Å². The van der Waals surface area contributed by atoms with E-state index in [-0.39, 0.29) is 17.9 Å². The number of hydrogen-bond donors (Lipinski definition) is 2. The number of nitrogens with two attached hydrogens (primary N) is 1. The van der Waals surface area contributed by atoms with Crippen LogP contribution in [-0.2, 0) is 11.2 Å². The molecule has 0 bridgehead atoms. The number of rotatable bonds is 6. The molecule has 2 aromatic carbocycles. The lowest BCUT2D eigenvalue weighted by Crippen LogP contribution is -2.46. The number of anilines is 1. The van der Waals surface area contributed by atoms with Gasteiger partial charge in [0.15, 0.2) is 11.5 Å². The van der Waals surface area contributed by atoms with E-state index in [0.717, 1.165) is 18.4 Å². The Kier molecular flexibility index (Phi) is 6.59. The number of likely N-dealkylation sites (tertiary alicyclic amines) is 1. The Labute approximate surface area is 170 Å². The van der Waals surface area contributed by atoms with Gasteiger partial charge in [0.25, 0.3) is 5.91 Å². The summed E-state index contributed by atoms with van der Waals surface area (Å²) in [6.07, 6.45) is 1.78. The fourth-order valence-corrected chi connectivity index (χ4v) is 3.48. The van der Waals surface area contributed by atoms with Gasteiger partial charge in [0.2, 0.25) is 5.91 Å². The van der Waals surface area contributed by atoms with Gasteiger partial charge in [-0.2, -0.15) is 0 Å². The summed E-state index contributed by atoms with van der Waals surface area (Å²) in [5, 5.41) is 3.07. The van der Waals surface area contributed by atoms with E-state index in [1.807, 2.05) is 17.0 Å². The number of amides is 2. The SMILES string of the molecule is COc1ccc(C(=O)N2CCC(NC(=O)Cc3ccc(N)cc3)CC2)cc1OC. The lowest BCUT2D eigenvalue weighted by molar-refractivity contribution is -0.121. The molecule has 2 amide bonds. The Hall–Kier alpha value is -3.22. The van der Waals surface area contributed by atoms with Crippen molar-refractivity contribution in [2.45, 2.75) is 25.3 Å². The molecule has 1 saturated heterocycles. The van der Waals surface area contributed by atoms with Crippen LogP contribution in [0.2, 0.25) is 0 Å². The van der Waals surface area contributed by atoms with E-state index in [0.29, 0.717) is 42.3 Å². The number of nitrogen functional groups attached to an aromatic ring is 1. The Balaban J connectivity index is 1.51. The summed E-state index contributed by atoms with van der Waals surface area (Å²) in [4.78, 5) is 26.9. The van der Waals surface area contributed by atoms with Crippen LogP contribution in [0.25, 0.3) is 0 Å². The third-order valence-electron chi connectivity index (χ3n) is 5.12. The zero-order valence-corrected chi connectivity index (χ0v) is 16.8. The predicted octanol–water partition coefficient (Wildman–Crippen LogP) is 2.25. The van der Waals surface area contributed by atoms with Crippen LogP contribution in [0, 0.1) is 0 Å². The molecule has 7 heteroatoms. The van der Waals surface area contributed by atoms with Crippen molar-refractivity contribution in [1.82, 2.24) is 10.2 Å². The van der Waals surface area contributed by atoms with Crippen molar-refractivity contribution in [3.63, 3.8) is 0 Å². The predicted molar refractivity (Wildman–Crippen MR) is 111 cm³/mol. The van der Waals surface area contributed by atoms with Gasteiger partial charge in [-0.25, -0.2) is 0 Å². The summed E-state index contributed by atoms with van der Waals surface area (Å²) >= 11 is 0. The van der Waals surface area contributed by atoms with Crippen LogP contribution in [0.15, 0.2) is 42.5 Å². The lowest BCUT2D eigenvalue weighted by Gasteiger charge is -2.32. The normalized spacial score (nSPS) is 14.3. The molecule has 0 spiro atoms. The summed E-state index contributed by atoms with van der Waals surface area (Å²) < 4.78 is 10.5. The second-order valence-electron chi connectivity index (χ2n) is 7.12. The number of hydrogen-bond acceptors (Lipinski definition) is 5. The highest BCUT2D eigenvalue weighted by Gasteiger charge is 2.25. The number of carbonyl (C=O) groups is 2. The molecule has 1 heterocycles. The van der Waals surface area contributed by atoms with Gasteiger partial charge >= 0.3 is 0 Å². The number of nitrogens with zero attached hydrogens (tertiary/aromatic N) is 1. The van der Waals surface area contributed by atoms with Crippen molar-refractivity contribution in [3.8, 4) is 11.5 Å². The molecule has 0 aliphatic carbocycles. The van der Waals surface area contributed by atoms with Gasteiger partial charge in [-0.3, -0.25) is 9.59 Å². The van der Waals surface area contributed by atoms with E-state index in [1.165, 1.54) is 0 Å². The minimum Gasteiger partial charge on any atom is -0.493 e.